The van der Waals surface area contributed by atoms with Crippen LogP contribution in [0.4, 0.5) is 0 Å². The molecule has 2 atom stereocenters. The third kappa shape index (κ3) is 5.45. The van der Waals surface area contributed by atoms with Crippen LogP contribution in [0.5, 0.6) is 0 Å². The molecule has 0 spiro atoms. The van der Waals surface area contributed by atoms with E-state index >= 15 is 0 Å². The fraction of sp³-hybridized carbons (Fsp3) is 0.476. The van der Waals surface area contributed by atoms with Crippen LogP contribution >= 0.6 is 11.8 Å². The average molecular weight is 402 g/mol. The molecule has 1 saturated heterocycles. The van der Waals surface area contributed by atoms with Crippen LogP contribution in [0.15, 0.2) is 40.3 Å². The quantitative estimate of drug-likeness (QED) is 0.595. The summed E-state index contributed by atoms with van der Waals surface area (Å²) in [6, 6.07) is 10.1. The number of ether oxygens (including phenoxy) is 1. The van der Waals surface area contributed by atoms with Gasteiger partial charge in [0.15, 0.2) is 5.16 Å². The molecule has 1 aromatic heterocycles. The summed E-state index contributed by atoms with van der Waals surface area (Å²) in [5.74, 6) is 0.803. The summed E-state index contributed by atoms with van der Waals surface area (Å²) in [6.45, 7) is 6.99. The van der Waals surface area contributed by atoms with Gasteiger partial charge in [-0.15, -0.1) is 0 Å². The van der Waals surface area contributed by atoms with Crippen molar-refractivity contribution in [3.05, 3.63) is 57.5 Å². The first-order valence-corrected chi connectivity index (χ1v) is 10.6. The lowest BCUT2D eigenvalue weighted by Crippen LogP contribution is -2.48. The molecular formula is C21H27N3O3S. The molecule has 3 rings (SSSR count). The third-order valence-corrected chi connectivity index (χ3v) is 5.72. The SMILES string of the molecule is Cc1nc(SCc2ccccc2)[nH]c(=O)c1CCC(=O)N1C[C@@H](C)O[C@@H](C)C1. The maximum atomic E-state index is 12.5. The van der Waals surface area contributed by atoms with E-state index in [1.54, 1.807) is 0 Å². The molecule has 28 heavy (non-hydrogen) atoms. The molecule has 2 aromatic rings. The van der Waals surface area contributed by atoms with Crippen LogP contribution in [0.1, 0.15) is 37.1 Å². The van der Waals surface area contributed by atoms with Gasteiger partial charge in [0.1, 0.15) is 0 Å². The molecule has 0 saturated carbocycles. The van der Waals surface area contributed by atoms with Crippen molar-refractivity contribution in [1.29, 1.82) is 0 Å². The molecule has 2 heterocycles. The van der Waals surface area contributed by atoms with E-state index < -0.39 is 0 Å². The van der Waals surface area contributed by atoms with Gasteiger partial charge >= 0.3 is 0 Å². The lowest BCUT2D eigenvalue weighted by atomic mass is 10.1. The standard InChI is InChI=1S/C21H27N3O3S/c1-14-11-24(12-15(2)27-14)19(25)10-9-18-16(3)22-21(23-20(18)26)28-13-17-7-5-4-6-8-17/h4-8,14-15H,9-13H2,1-3H3,(H,22,23,26)/t14-,15+. The Kier molecular flexibility index (Phi) is 6.91. The highest BCUT2D eigenvalue weighted by Crippen LogP contribution is 2.19. The summed E-state index contributed by atoms with van der Waals surface area (Å²) < 4.78 is 5.67. The zero-order chi connectivity index (χ0) is 20.1. The number of amides is 1. The van der Waals surface area contributed by atoms with Crippen molar-refractivity contribution in [2.45, 2.75) is 56.7 Å². The zero-order valence-electron chi connectivity index (χ0n) is 16.6. The molecule has 6 nitrogen and oxygen atoms in total. The Morgan fingerprint density at radius 1 is 1.25 bits per heavy atom. The number of aromatic amines is 1. The van der Waals surface area contributed by atoms with Crippen LogP contribution in [0, 0.1) is 6.92 Å². The van der Waals surface area contributed by atoms with Crippen LogP contribution in [0.25, 0.3) is 0 Å². The van der Waals surface area contributed by atoms with E-state index in [-0.39, 0.29) is 23.7 Å². The molecular weight excluding hydrogens is 374 g/mol. The minimum absolute atomic E-state index is 0.0421. The van der Waals surface area contributed by atoms with Crippen LogP contribution in [-0.2, 0) is 21.7 Å². The van der Waals surface area contributed by atoms with Crippen molar-refractivity contribution in [3.8, 4) is 0 Å². The van der Waals surface area contributed by atoms with Crippen molar-refractivity contribution in [1.82, 2.24) is 14.9 Å². The van der Waals surface area contributed by atoms with E-state index in [9.17, 15) is 9.59 Å². The van der Waals surface area contributed by atoms with Gasteiger partial charge in [-0.2, -0.15) is 0 Å². The number of carbonyl (C=O) groups is 1. The minimum atomic E-state index is -0.153. The van der Waals surface area contributed by atoms with Gasteiger partial charge in [-0.25, -0.2) is 4.98 Å². The Hall–Kier alpha value is -2.12. The second-order valence-corrected chi connectivity index (χ2v) is 8.23. The Morgan fingerprint density at radius 3 is 2.57 bits per heavy atom. The summed E-state index contributed by atoms with van der Waals surface area (Å²) >= 11 is 1.50. The average Bonchev–Trinajstić information content (AvgIpc) is 2.65. The smallest absolute Gasteiger partial charge is 0.254 e. The van der Waals surface area contributed by atoms with Gasteiger partial charge in [0.25, 0.3) is 5.56 Å². The first kappa shape index (κ1) is 20.6. The van der Waals surface area contributed by atoms with Crippen molar-refractivity contribution < 1.29 is 9.53 Å². The molecule has 1 aliphatic heterocycles. The van der Waals surface area contributed by atoms with Gasteiger partial charge in [-0.3, -0.25) is 9.59 Å². The lowest BCUT2D eigenvalue weighted by Gasteiger charge is -2.35. The third-order valence-electron chi connectivity index (χ3n) is 4.78. The van der Waals surface area contributed by atoms with Gasteiger partial charge in [0, 0.05) is 36.5 Å². The normalized spacial score (nSPS) is 19.6. The summed E-state index contributed by atoms with van der Waals surface area (Å²) in [7, 11) is 0. The molecule has 1 aliphatic rings. The number of rotatable bonds is 6. The summed E-state index contributed by atoms with van der Waals surface area (Å²) in [5, 5.41) is 0.609. The van der Waals surface area contributed by atoms with E-state index in [1.165, 1.54) is 17.3 Å². The maximum Gasteiger partial charge on any atom is 0.254 e. The Labute approximate surface area is 169 Å². The Balaban J connectivity index is 1.60. The molecule has 0 radical (unpaired) electrons. The molecule has 1 aromatic carbocycles. The topological polar surface area (TPSA) is 75.3 Å². The Morgan fingerprint density at radius 2 is 1.93 bits per heavy atom. The monoisotopic (exact) mass is 401 g/mol. The molecule has 0 aliphatic carbocycles. The number of hydrogen-bond acceptors (Lipinski definition) is 5. The molecule has 150 valence electrons. The van der Waals surface area contributed by atoms with E-state index in [0.717, 1.165) is 5.75 Å². The van der Waals surface area contributed by atoms with E-state index in [4.69, 9.17) is 4.74 Å². The van der Waals surface area contributed by atoms with Gasteiger partial charge in [0.05, 0.1) is 12.2 Å². The number of nitrogens with zero attached hydrogens (tertiary/aromatic N) is 2. The first-order valence-electron chi connectivity index (χ1n) is 9.62. The molecule has 0 unspecified atom stereocenters. The molecule has 7 heteroatoms. The number of hydrogen-bond donors (Lipinski definition) is 1. The van der Waals surface area contributed by atoms with E-state index in [1.807, 2.05) is 56.0 Å². The number of H-pyrrole nitrogens is 1. The van der Waals surface area contributed by atoms with E-state index in [0.29, 0.717) is 42.3 Å². The molecule has 1 amide bonds. The minimum Gasteiger partial charge on any atom is -0.372 e. The highest BCUT2D eigenvalue weighted by Gasteiger charge is 2.25. The van der Waals surface area contributed by atoms with Crippen LogP contribution < -0.4 is 5.56 Å². The van der Waals surface area contributed by atoms with Crippen molar-refractivity contribution in [2.75, 3.05) is 13.1 Å². The summed E-state index contributed by atoms with van der Waals surface area (Å²) in [5.41, 5.74) is 2.30. The summed E-state index contributed by atoms with van der Waals surface area (Å²) in [6.07, 6.45) is 0.791. The van der Waals surface area contributed by atoms with Crippen molar-refractivity contribution in [2.24, 2.45) is 0 Å². The predicted octanol–water partition coefficient (Wildman–Crippen LogP) is 2.94. The largest absolute Gasteiger partial charge is 0.372 e. The van der Waals surface area contributed by atoms with Gasteiger partial charge < -0.3 is 14.6 Å². The molecule has 1 fully saturated rings. The highest BCUT2D eigenvalue weighted by atomic mass is 32.2. The highest BCUT2D eigenvalue weighted by molar-refractivity contribution is 7.98. The summed E-state index contributed by atoms with van der Waals surface area (Å²) in [4.78, 5) is 34.3. The Bertz CT molecular complexity index is 859. The number of thioether (sulfide) groups is 1. The lowest BCUT2D eigenvalue weighted by molar-refractivity contribution is -0.143. The van der Waals surface area contributed by atoms with Gasteiger partial charge in [0.2, 0.25) is 5.91 Å². The van der Waals surface area contributed by atoms with Crippen LogP contribution in [0.3, 0.4) is 0 Å². The fourth-order valence-electron chi connectivity index (χ4n) is 3.44. The van der Waals surface area contributed by atoms with Gasteiger partial charge in [-0.05, 0) is 32.8 Å². The number of carbonyl (C=O) groups excluding carboxylic acids is 1. The van der Waals surface area contributed by atoms with Crippen LogP contribution in [0.2, 0.25) is 0 Å². The second kappa shape index (κ2) is 9.39. The number of benzene rings is 1. The number of nitrogens with one attached hydrogen (secondary N) is 1. The number of morpholine rings is 1. The first-order chi connectivity index (χ1) is 13.4. The zero-order valence-corrected chi connectivity index (χ0v) is 17.4. The predicted molar refractivity (Wildman–Crippen MR) is 111 cm³/mol. The van der Waals surface area contributed by atoms with Crippen LogP contribution in [-0.4, -0.2) is 46.1 Å². The fourth-order valence-corrected chi connectivity index (χ4v) is 4.31. The number of aromatic nitrogens is 2. The number of aryl methyl sites for hydroxylation is 1. The second-order valence-electron chi connectivity index (χ2n) is 7.27. The molecule has 1 N–H and O–H groups in total. The van der Waals surface area contributed by atoms with Crippen molar-refractivity contribution >= 4 is 17.7 Å². The van der Waals surface area contributed by atoms with Gasteiger partial charge in [-0.1, -0.05) is 42.1 Å². The van der Waals surface area contributed by atoms with Crippen molar-refractivity contribution in [3.63, 3.8) is 0 Å². The molecule has 0 bridgehead atoms. The van der Waals surface area contributed by atoms with E-state index in [2.05, 4.69) is 9.97 Å². The maximum absolute atomic E-state index is 12.5.